The SMILES string of the molecule is O=S(=O)(N=C(NNc1ncc(C(F)(F)F)cc1Cl)N1CCOCC1)c1ccccc1. The van der Waals surface area contributed by atoms with E-state index < -0.39 is 21.8 Å². The number of benzene rings is 1. The Bertz CT molecular complexity index is 1010. The number of nitrogens with one attached hydrogen (secondary N) is 2. The molecule has 0 atom stereocenters. The number of guanidine groups is 1. The van der Waals surface area contributed by atoms with Crippen molar-refractivity contribution in [2.45, 2.75) is 11.1 Å². The highest BCUT2D eigenvalue weighted by Gasteiger charge is 2.31. The number of hydrogen-bond acceptors (Lipinski definition) is 5. The Morgan fingerprint density at radius 2 is 1.87 bits per heavy atom. The first-order valence-corrected chi connectivity index (χ1v) is 10.5. The number of anilines is 1. The Kier molecular flexibility index (Phi) is 6.68. The summed E-state index contributed by atoms with van der Waals surface area (Å²) in [5, 5.41) is -0.301. The van der Waals surface area contributed by atoms with Crippen LogP contribution in [0.15, 0.2) is 51.9 Å². The van der Waals surface area contributed by atoms with Crippen molar-refractivity contribution in [1.29, 1.82) is 0 Å². The summed E-state index contributed by atoms with van der Waals surface area (Å²) in [7, 11) is -4.05. The minimum absolute atomic E-state index is 0.0109. The highest BCUT2D eigenvalue weighted by atomic mass is 35.5. The van der Waals surface area contributed by atoms with Crippen LogP contribution in [0.4, 0.5) is 19.0 Å². The lowest BCUT2D eigenvalue weighted by Crippen LogP contribution is -2.49. The summed E-state index contributed by atoms with van der Waals surface area (Å²) in [5.41, 5.74) is 4.11. The summed E-state index contributed by atoms with van der Waals surface area (Å²) >= 11 is 5.88. The number of aromatic nitrogens is 1. The monoisotopic (exact) mass is 463 g/mol. The Labute approximate surface area is 175 Å². The summed E-state index contributed by atoms with van der Waals surface area (Å²) < 4.78 is 72.7. The number of nitrogens with zero attached hydrogens (tertiary/aromatic N) is 3. The number of rotatable bonds is 4. The lowest BCUT2D eigenvalue weighted by Gasteiger charge is -2.30. The van der Waals surface area contributed by atoms with Crippen LogP contribution < -0.4 is 10.9 Å². The van der Waals surface area contributed by atoms with E-state index in [1.807, 2.05) is 0 Å². The molecule has 3 rings (SSSR count). The van der Waals surface area contributed by atoms with Crippen molar-refractivity contribution in [3.63, 3.8) is 0 Å². The topological polar surface area (TPSA) is 95.9 Å². The van der Waals surface area contributed by atoms with Gasteiger partial charge in [0.1, 0.15) is 0 Å². The molecule has 1 fully saturated rings. The third-order valence-corrected chi connectivity index (χ3v) is 5.59. The van der Waals surface area contributed by atoms with Gasteiger partial charge in [0.2, 0.25) is 5.96 Å². The maximum Gasteiger partial charge on any atom is 0.417 e. The molecule has 8 nitrogen and oxygen atoms in total. The van der Waals surface area contributed by atoms with Crippen molar-refractivity contribution >= 4 is 33.4 Å². The molecule has 0 spiro atoms. The molecule has 0 amide bonds. The molecule has 0 aliphatic carbocycles. The fourth-order valence-electron chi connectivity index (χ4n) is 2.49. The van der Waals surface area contributed by atoms with Crippen LogP contribution >= 0.6 is 11.6 Å². The highest BCUT2D eigenvalue weighted by Crippen LogP contribution is 2.32. The zero-order chi connectivity index (χ0) is 21.8. The molecule has 0 unspecified atom stereocenters. The fraction of sp³-hybridized carbons (Fsp3) is 0.294. The normalized spacial score (nSPS) is 15.7. The summed E-state index contributed by atoms with van der Waals surface area (Å²) in [5.74, 6) is -0.192. The van der Waals surface area contributed by atoms with Crippen molar-refractivity contribution in [2.75, 3.05) is 31.7 Å². The lowest BCUT2D eigenvalue weighted by molar-refractivity contribution is -0.137. The van der Waals surface area contributed by atoms with Crippen molar-refractivity contribution in [3.05, 3.63) is 53.2 Å². The molecule has 30 heavy (non-hydrogen) atoms. The van der Waals surface area contributed by atoms with Gasteiger partial charge >= 0.3 is 6.18 Å². The van der Waals surface area contributed by atoms with E-state index in [4.69, 9.17) is 16.3 Å². The van der Waals surface area contributed by atoms with E-state index in [0.29, 0.717) is 38.6 Å². The molecule has 1 saturated heterocycles. The zero-order valence-electron chi connectivity index (χ0n) is 15.4. The van der Waals surface area contributed by atoms with Crippen LogP contribution in [0.5, 0.6) is 0 Å². The standard InChI is InChI=1S/C17H17ClF3N5O3S/c18-14-10-12(17(19,20)21)11-22-15(14)23-24-16(26-6-8-29-9-7-26)25-30(27,28)13-4-2-1-3-5-13/h1-5,10-11H,6-9H2,(H,22,23)(H,24,25). The predicted molar refractivity (Wildman–Crippen MR) is 104 cm³/mol. The van der Waals surface area contributed by atoms with Crippen LogP contribution in [0.3, 0.4) is 0 Å². The first-order chi connectivity index (χ1) is 14.2. The molecule has 1 aliphatic rings. The molecule has 1 aromatic heterocycles. The Balaban J connectivity index is 1.85. The Hall–Kier alpha value is -2.57. The van der Waals surface area contributed by atoms with Crippen molar-refractivity contribution in [2.24, 2.45) is 4.40 Å². The zero-order valence-corrected chi connectivity index (χ0v) is 16.9. The third-order valence-electron chi connectivity index (χ3n) is 4.02. The number of halogens is 4. The van der Waals surface area contributed by atoms with E-state index in [9.17, 15) is 21.6 Å². The van der Waals surface area contributed by atoms with Gasteiger partial charge in [-0.2, -0.15) is 21.6 Å². The molecule has 1 aliphatic heterocycles. The molecule has 0 saturated carbocycles. The van der Waals surface area contributed by atoms with E-state index in [1.165, 1.54) is 12.1 Å². The molecule has 13 heteroatoms. The van der Waals surface area contributed by atoms with Gasteiger partial charge in [0, 0.05) is 19.3 Å². The van der Waals surface area contributed by atoms with Crippen molar-refractivity contribution in [1.82, 2.24) is 15.3 Å². The molecule has 0 bridgehead atoms. The van der Waals surface area contributed by atoms with Crippen LogP contribution in [-0.2, 0) is 20.9 Å². The van der Waals surface area contributed by atoms with Crippen LogP contribution in [-0.4, -0.2) is 50.6 Å². The van der Waals surface area contributed by atoms with Gasteiger partial charge in [-0.1, -0.05) is 29.8 Å². The van der Waals surface area contributed by atoms with Gasteiger partial charge in [0.15, 0.2) is 5.82 Å². The van der Waals surface area contributed by atoms with Gasteiger partial charge in [-0.25, -0.2) is 4.98 Å². The van der Waals surface area contributed by atoms with E-state index >= 15 is 0 Å². The Morgan fingerprint density at radius 3 is 2.47 bits per heavy atom. The van der Waals surface area contributed by atoms with Gasteiger partial charge in [-0.15, -0.1) is 4.40 Å². The molecule has 2 aromatic rings. The number of ether oxygens (including phenoxy) is 1. The maximum atomic E-state index is 12.8. The van der Waals surface area contributed by atoms with E-state index in [1.54, 1.807) is 23.1 Å². The van der Waals surface area contributed by atoms with Crippen molar-refractivity contribution < 1.29 is 26.3 Å². The number of alkyl halides is 3. The van der Waals surface area contributed by atoms with E-state index in [-0.39, 0.29) is 21.7 Å². The number of hydrazine groups is 1. The summed E-state index contributed by atoms with van der Waals surface area (Å²) in [6.45, 7) is 1.41. The second-order valence-electron chi connectivity index (χ2n) is 6.10. The fourth-order valence-corrected chi connectivity index (χ4v) is 3.70. The van der Waals surface area contributed by atoms with Crippen LogP contribution in [0, 0.1) is 0 Å². The number of sulfonamides is 1. The number of pyridine rings is 1. The largest absolute Gasteiger partial charge is 0.417 e. The molecule has 0 radical (unpaired) electrons. The van der Waals surface area contributed by atoms with Gasteiger partial charge < -0.3 is 9.64 Å². The average molecular weight is 464 g/mol. The molecule has 2 heterocycles. The number of morpholine rings is 1. The smallest absolute Gasteiger partial charge is 0.378 e. The van der Waals surface area contributed by atoms with Crippen LogP contribution in [0.1, 0.15) is 5.56 Å². The molecule has 1 aromatic carbocycles. The molecule has 162 valence electrons. The van der Waals surface area contributed by atoms with Gasteiger partial charge in [0.25, 0.3) is 10.0 Å². The minimum Gasteiger partial charge on any atom is -0.378 e. The second kappa shape index (κ2) is 9.06. The first-order valence-electron chi connectivity index (χ1n) is 8.64. The number of hydrogen-bond donors (Lipinski definition) is 2. The minimum atomic E-state index is -4.59. The molecule has 2 N–H and O–H groups in total. The lowest BCUT2D eigenvalue weighted by atomic mass is 10.3. The average Bonchev–Trinajstić information content (AvgIpc) is 2.72. The van der Waals surface area contributed by atoms with Gasteiger partial charge in [0.05, 0.1) is 28.7 Å². The van der Waals surface area contributed by atoms with Crippen molar-refractivity contribution in [3.8, 4) is 0 Å². The van der Waals surface area contributed by atoms with E-state index in [2.05, 4.69) is 20.2 Å². The Morgan fingerprint density at radius 1 is 1.20 bits per heavy atom. The quantitative estimate of drug-likeness (QED) is 0.409. The molecular weight excluding hydrogens is 447 g/mol. The van der Waals surface area contributed by atoms with Crippen LogP contribution in [0.25, 0.3) is 0 Å². The second-order valence-corrected chi connectivity index (χ2v) is 8.12. The van der Waals surface area contributed by atoms with E-state index in [0.717, 1.165) is 0 Å². The van der Waals surface area contributed by atoms with Gasteiger partial charge in [-0.3, -0.25) is 10.9 Å². The highest BCUT2D eigenvalue weighted by molar-refractivity contribution is 7.90. The molecular formula is C17H17ClF3N5O3S. The summed E-state index contributed by atoms with van der Waals surface area (Å²) in [4.78, 5) is 5.25. The maximum absolute atomic E-state index is 12.8. The summed E-state index contributed by atoms with van der Waals surface area (Å²) in [6.07, 6.45) is -3.98. The van der Waals surface area contributed by atoms with Gasteiger partial charge in [-0.05, 0) is 18.2 Å². The third kappa shape index (κ3) is 5.52. The predicted octanol–water partition coefficient (Wildman–Crippen LogP) is 2.75. The first kappa shape index (κ1) is 22.1. The summed E-state index contributed by atoms with van der Waals surface area (Å²) in [6, 6.07) is 8.31. The van der Waals surface area contributed by atoms with Crippen LogP contribution in [0.2, 0.25) is 5.02 Å².